The molecular weight excluding hydrogens is 276 g/mol. The predicted octanol–water partition coefficient (Wildman–Crippen LogP) is 2.75. The number of carbonyl (C=O) groups is 1. The minimum absolute atomic E-state index is 0.0489. The van der Waals surface area contributed by atoms with Crippen molar-refractivity contribution in [3.63, 3.8) is 0 Å². The molecule has 2 heterocycles. The number of methoxy groups -OCH3 is 1. The van der Waals surface area contributed by atoms with Gasteiger partial charge in [0.05, 0.1) is 7.11 Å². The summed E-state index contributed by atoms with van der Waals surface area (Å²) in [5.41, 5.74) is 1.72. The molecule has 2 atom stereocenters. The van der Waals surface area contributed by atoms with Gasteiger partial charge >= 0.3 is 0 Å². The van der Waals surface area contributed by atoms with Crippen LogP contribution < -0.4 is 10.1 Å². The molecule has 1 aromatic carbocycles. The number of benzene rings is 1. The third-order valence-corrected chi connectivity index (χ3v) is 5.35. The van der Waals surface area contributed by atoms with Crippen LogP contribution >= 0.6 is 0 Å². The Balaban J connectivity index is 1.67. The molecule has 2 saturated heterocycles. The molecule has 1 aromatic rings. The first-order valence-corrected chi connectivity index (χ1v) is 8.26. The maximum Gasteiger partial charge on any atom is 0.251 e. The van der Waals surface area contributed by atoms with E-state index in [-0.39, 0.29) is 5.91 Å². The maximum atomic E-state index is 12.6. The van der Waals surface area contributed by atoms with Crippen LogP contribution in [0.3, 0.4) is 0 Å². The van der Waals surface area contributed by atoms with Gasteiger partial charge in [0.2, 0.25) is 0 Å². The molecule has 3 rings (SSSR count). The largest absolute Gasteiger partial charge is 0.497 e. The minimum Gasteiger partial charge on any atom is -0.497 e. The van der Waals surface area contributed by atoms with Crippen molar-refractivity contribution in [2.45, 2.75) is 57.2 Å². The molecule has 0 aromatic heterocycles. The van der Waals surface area contributed by atoms with Crippen LogP contribution in [0.4, 0.5) is 0 Å². The molecule has 2 aliphatic heterocycles. The van der Waals surface area contributed by atoms with E-state index in [1.54, 1.807) is 7.11 Å². The third-order valence-electron chi connectivity index (χ3n) is 5.35. The molecule has 22 heavy (non-hydrogen) atoms. The summed E-state index contributed by atoms with van der Waals surface area (Å²) in [5.74, 6) is 0.843. The van der Waals surface area contributed by atoms with Crippen LogP contribution in [0.5, 0.6) is 5.75 Å². The number of nitrogens with one attached hydrogen (secondary N) is 1. The average Bonchev–Trinajstić information content (AvgIpc) is 2.48. The normalized spacial score (nSPS) is 28.2. The second kappa shape index (κ2) is 6.29. The standard InChI is InChI=1S/C18H26N2O2/c1-12-9-16(22-3)7-8-17(12)18(21)19-13-10-14-5-4-6-15(11-13)20(14)2/h7-9,13-15H,4-6,10-11H2,1-3H3,(H,19,21). The molecular formula is C18H26N2O2. The summed E-state index contributed by atoms with van der Waals surface area (Å²) >= 11 is 0. The summed E-state index contributed by atoms with van der Waals surface area (Å²) in [6, 6.07) is 7.20. The quantitative estimate of drug-likeness (QED) is 0.933. The van der Waals surface area contributed by atoms with E-state index in [0.29, 0.717) is 18.1 Å². The van der Waals surface area contributed by atoms with E-state index in [2.05, 4.69) is 17.3 Å². The van der Waals surface area contributed by atoms with Crippen LogP contribution in [0.2, 0.25) is 0 Å². The molecule has 2 fully saturated rings. The number of nitrogens with zero attached hydrogens (tertiary/aromatic N) is 1. The Morgan fingerprint density at radius 2 is 1.95 bits per heavy atom. The minimum atomic E-state index is 0.0489. The van der Waals surface area contributed by atoms with Gasteiger partial charge < -0.3 is 15.0 Å². The lowest BCUT2D eigenvalue weighted by Crippen LogP contribution is -2.55. The first-order chi connectivity index (χ1) is 10.6. The molecule has 1 N–H and O–H groups in total. The molecule has 0 saturated carbocycles. The fraction of sp³-hybridized carbons (Fsp3) is 0.611. The zero-order chi connectivity index (χ0) is 15.7. The van der Waals surface area contributed by atoms with Gasteiger partial charge in [-0.25, -0.2) is 0 Å². The molecule has 2 aliphatic rings. The van der Waals surface area contributed by atoms with Crippen LogP contribution in [-0.2, 0) is 0 Å². The van der Waals surface area contributed by atoms with Gasteiger partial charge in [-0.3, -0.25) is 4.79 Å². The lowest BCUT2D eigenvalue weighted by atomic mass is 9.82. The molecule has 0 spiro atoms. The molecule has 4 nitrogen and oxygen atoms in total. The molecule has 2 unspecified atom stereocenters. The fourth-order valence-corrected chi connectivity index (χ4v) is 4.01. The van der Waals surface area contributed by atoms with E-state index in [9.17, 15) is 4.79 Å². The van der Waals surface area contributed by atoms with Crippen molar-refractivity contribution >= 4 is 5.91 Å². The SMILES string of the molecule is COc1ccc(C(=O)NC2CC3CCCC(C2)N3C)c(C)c1. The van der Waals surface area contributed by atoms with Crippen molar-refractivity contribution in [3.05, 3.63) is 29.3 Å². The summed E-state index contributed by atoms with van der Waals surface area (Å²) < 4.78 is 5.20. The zero-order valence-corrected chi connectivity index (χ0v) is 13.8. The van der Waals surface area contributed by atoms with Crippen LogP contribution in [0.25, 0.3) is 0 Å². The number of hydrogen-bond acceptors (Lipinski definition) is 3. The van der Waals surface area contributed by atoms with E-state index in [0.717, 1.165) is 29.7 Å². The first-order valence-electron chi connectivity index (χ1n) is 8.26. The smallest absolute Gasteiger partial charge is 0.251 e. The molecule has 4 heteroatoms. The number of piperidine rings is 2. The average molecular weight is 302 g/mol. The molecule has 2 bridgehead atoms. The molecule has 120 valence electrons. The molecule has 1 amide bonds. The van der Waals surface area contributed by atoms with Crippen LogP contribution in [-0.4, -0.2) is 43.1 Å². The van der Waals surface area contributed by atoms with Gasteiger partial charge in [-0.1, -0.05) is 6.42 Å². The summed E-state index contributed by atoms with van der Waals surface area (Å²) in [4.78, 5) is 15.1. The Bertz CT molecular complexity index is 544. The summed E-state index contributed by atoms with van der Waals surface area (Å²) in [5, 5.41) is 3.26. The number of hydrogen-bond donors (Lipinski definition) is 1. The van der Waals surface area contributed by atoms with Gasteiger partial charge in [-0.15, -0.1) is 0 Å². The fourth-order valence-electron chi connectivity index (χ4n) is 4.01. The number of fused-ring (bicyclic) bond motifs is 2. The van der Waals surface area contributed by atoms with Gasteiger partial charge in [0, 0.05) is 23.7 Å². The number of amides is 1. The van der Waals surface area contributed by atoms with Crippen LogP contribution in [0.1, 0.15) is 48.0 Å². The third kappa shape index (κ3) is 2.98. The topological polar surface area (TPSA) is 41.6 Å². The Morgan fingerprint density at radius 3 is 2.55 bits per heavy atom. The van der Waals surface area contributed by atoms with Gasteiger partial charge in [0.1, 0.15) is 5.75 Å². The molecule has 0 radical (unpaired) electrons. The van der Waals surface area contributed by atoms with Crippen molar-refractivity contribution in [1.82, 2.24) is 10.2 Å². The van der Waals surface area contributed by atoms with E-state index < -0.39 is 0 Å². The predicted molar refractivity (Wildman–Crippen MR) is 87.4 cm³/mol. The van der Waals surface area contributed by atoms with Crippen molar-refractivity contribution in [3.8, 4) is 5.75 Å². The lowest BCUT2D eigenvalue weighted by molar-refractivity contribution is 0.0463. The number of rotatable bonds is 3. The van der Waals surface area contributed by atoms with E-state index in [1.165, 1.54) is 19.3 Å². The van der Waals surface area contributed by atoms with Crippen LogP contribution in [0.15, 0.2) is 18.2 Å². The van der Waals surface area contributed by atoms with Crippen molar-refractivity contribution in [2.24, 2.45) is 0 Å². The van der Waals surface area contributed by atoms with Crippen molar-refractivity contribution in [2.75, 3.05) is 14.2 Å². The molecule has 0 aliphatic carbocycles. The van der Waals surface area contributed by atoms with Gasteiger partial charge in [0.25, 0.3) is 5.91 Å². The monoisotopic (exact) mass is 302 g/mol. The maximum absolute atomic E-state index is 12.6. The lowest BCUT2D eigenvalue weighted by Gasteiger charge is -2.47. The summed E-state index contributed by atoms with van der Waals surface area (Å²) in [6.07, 6.45) is 6.02. The highest BCUT2D eigenvalue weighted by atomic mass is 16.5. The van der Waals surface area contributed by atoms with Gasteiger partial charge in [0.15, 0.2) is 0 Å². The Hall–Kier alpha value is -1.55. The van der Waals surface area contributed by atoms with E-state index >= 15 is 0 Å². The summed E-state index contributed by atoms with van der Waals surface area (Å²) in [6.45, 7) is 1.96. The van der Waals surface area contributed by atoms with E-state index in [4.69, 9.17) is 4.74 Å². The highest BCUT2D eigenvalue weighted by Crippen LogP contribution is 2.32. The zero-order valence-electron chi connectivity index (χ0n) is 13.8. The Morgan fingerprint density at radius 1 is 1.27 bits per heavy atom. The van der Waals surface area contributed by atoms with Crippen molar-refractivity contribution in [1.29, 1.82) is 0 Å². The van der Waals surface area contributed by atoms with Crippen LogP contribution in [0, 0.1) is 6.92 Å². The Kier molecular flexibility index (Phi) is 4.39. The Labute approximate surface area is 132 Å². The second-order valence-corrected chi connectivity index (χ2v) is 6.73. The summed E-state index contributed by atoms with van der Waals surface area (Å²) in [7, 11) is 3.88. The highest BCUT2D eigenvalue weighted by Gasteiger charge is 2.36. The van der Waals surface area contributed by atoms with Crippen molar-refractivity contribution < 1.29 is 9.53 Å². The first kappa shape index (κ1) is 15.3. The van der Waals surface area contributed by atoms with Gasteiger partial charge in [-0.2, -0.15) is 0 Å². The van der Waals surface area contributed by atoms with Gasteiger partial charge in [-0.05, 0) is 63.4 Å². The highest BCUT2D eigenvalue weighted by molar-refractivity contribution is 5.96. The number of carbonyl (C=O) groups excluding carboxylic acids is 1. The number of ether oxygens (including phenoxy) is 1. The number of aryl methyl sites for hydroxylation is 1. The van der Waals surface area contributed by atoms with E-state index in [1.807, 2.05) is 25.1 Å². The second-order valence-electron chi connectivity index (χ2n) is 6.73.